The maximum absolute atomic E-state index is 12.8. The number of carbonyl (C=O) groups excluding carboxylic acids is 1. The van der Waals surface area contributed by atoms with Gasteiger partial charge in [0.25, 0.3) is 5.91 Å². The SMILES string of the molecule is O=C(c1cccnc1C[C@@H]1COc2ccccc2C1)N1CCCC1. The first-order chi connectivity index (χ1) is 11.8. The molecule has 4 rings (SSSR count). The van der Waals surface area contributed by atoms with Crippen LogP contribution in [0.3, 0.4) is 0 Å². The van der Waals surface area contributed by atoms with Crippen LogP contribution in [0.15, 0.2) is 42.6 Å². The van der Waals surface area contributed by atoms with Crippen LogP contribution in [0.5, 0.6) is 5.75 Å². The highest BCUT2D eigenvalue weighted by molar-refractivity contribution is 5.95. The van der Waals surface area contributed by atoms with Gasteiger partial charge in [-0.05, 0) is 49.4 Å². The molecule has 124 valence electrons. The minimum atomic E-state index is 0.132. The summed E-state index contributed by atoms with van der Waals surface area (Å²) in [5, 5.41) is 0. The van der Waals surface area contributed by atoms with Gasteiger partial charge < -0.3 is 9.64 Å². The molecule has 1 saturated heterocycles. The van der Waals surface area contributed by atoms with E-state index in [-0.39, 0.29) is 5.91 Å². The molecule has 1 aromatic carbocycles. The summed E-state index contributed by atoms with van der Waals surface area (Å²) in [6, 6.07) is 12.0. The molecule has 4 nitrogen and oxygen atoms in total. The minimum absolute atomic E-state index is 0.132. The number of fused-ring (bicyclic) bond motifs is 1. The Morgan fingerprint density at radius 2 is 2.00 bits per heavy atom. The molecule has 0 N–H and O–H groups in total. The Kier molecular flexibility index (Phi) is 4.20. The van der Waals surface area contributed by atoms with Gasteiger partial charge in [0, 0.05) is 25.2 Å². The van der Waals surface area contributed by atoms with Crippen molar-refractivity contribution in [2.24, 2.45) is 5.92 Å². The number of rotatable bonds is 3. The lowest BCUT2D eigenvalue weighted by Gasteiger charge is -2.26. The number of hydrogen-bond acceptors (Lipinski definition) is 3. The summed E-state index contributed by atoms with van der Waals surface area (Å²) < 4.78 is 5.89. The molecule has 1 aromatic heterocycles. The van der Waals surface area contributed by atoms with E-state index in [1.807, 2.05) is 35.2 Å². The Labute approximate surface area is 142 Å². The molecule has 2 aliphatic rings. The van der Waals surface area contributed by atoms with Crippen molar-refractivity contribution >= 4 is 5.91 Å². The summed E-state index contributed by atoms with van der Waals surface area (Å²) in [7, 11) is 0. The summed E-state index contributed by atoms with van der Waals surface area (Å²) in [6.45, 7) is 2.42. The van der Waals surface area contributed by atoms with Crippen LogP contribution in [0.4, 0.5) is 0 Å². The molecule has 2 aromatic rings. The molecule has 0 unspecified atom stereocenters. The first-order valence-electron chi connectivity index (χ1n) is 8.75. The molecule has 2 aliphatic heterocycles. The monoisotopic (exact) mass is 322 g/mol. The van der Waals surface area contributed by atoms with Gasteiger partial charge in [0.15, 0.2) is 0 Å². The molecule has 0 radical (unpaired) electrons. The Morgan fingerprint density at radius 3 is 2.88 bits per heavy atom. The molecule has 3 heterocycles. The van der Waals surface area contributed by atoms with E-state index in [0.717, 1.165) is 55.8 Å². The van der Waals surface area contributed by atoms with Crippen LogP contribution < -0.4 is 4.74 Å². The van der Waals surface area contributed by atoms with E-state index in [2.05, 4.69) is 11.1 Å². The van der Waals surface area contributed by atoms with Crippen molar-refractivity contribution in [1.29, 1.82) is 0 Å². The second kappa shape index (κ2) is 6.63. The van der Waals surface area contributed by atoms with Crippen LogP contribution in [0, 0.1) is 5.92 Å². The number of pyridine rings is 1. The Balaban J connectivity index is 1.52. The van der Waals surface area contributed by atoms with E-state index in [0.29, 0.717) is 12.5 Å². The van der Waals surface area contributed by atoms with Crippen LogP contribution in [0.25, 0.3) is 0 Å². The predicted molar refractivity (Wildman–Crippen MR) is 92.2 cm³/mol. The first-order valence-corrected chi connectivity index (χ1v) is 8.75. The summed E-state index contributed by atoms with van der Waals surface area (Å²) in [5.41, 5.74) is 2.91. The van der Waals surface area contributed by atoms with Crippen molar-refractivity contribution in [1.82, 2.24) is 9.88 Å². The quantitative estimate of drug-likeness (QED) is 0.872. The maximum atomic E-state index is 12.8. The molecule has 4 heteroatoms. The Morgan fingerprint density at radius 1 is 1.17 bits per heavy atom. The zero-order chi connectivity index (χ0) is 16.4. The van der Waals surface area contributed by atoms with Crippen molar-refractivity contribution in [3.63, 3.8) is 0 Å². The Hall–Kier alpha value is -2.36. The third kappa shape index (κ3) is 3.01. The molecule has 24 heavy (non-hydrogen) atoms. The average molecular weight is 322 g/mol. The van der Waals surface area contributed by atoms with Crippen LogP contribution in [-0.4, -0.2) is 35.5 Å². The maximum Gasteiger partial charge on any atom is 0.255 e. The summed E-state index contributed by atoms with van der Waals surface area (Å²) in [4.78, 5) is 19.2. The van der Waals surface area contributed by atoms with E-state index < -0.39 is 0 Å². The molecular formula is C20H22N2O2. The van der Waals surface area contributed by atoms with Crippen molar-refractivity contribution in [3.05, 3.63) is 59.4 Å². The van der Waals surface area contributed by atoms with Gasteiger partial charge in [-0.1, -0.05) is 18.2 Å². The lowest BCUT2D eigenvalue weighted by molar-refractivity contribution is 0.0790. The number of hydrogen-bond donors (Lipinski definition) is 0. The smallest absolute Gasteiger partial charge is 0.255 e. The molecule has 1 amide bonds. The number of nitrogens with zero attached hydrogens (tertiary/aromatic N) is 2. The third-order valence-corrected chi connectivity index (χ3v) is 4.95. The number of aromatic nitrogens is 1. The number of likely N-dealkylation sites (tertiary alicyclic amines) is 1. The van der Waals surface area contributed by atoms with Crippen LogP contribution in [0.1, 0.15) is 34.5 Å². The second-order valence-electron chi connectivity index (χ2n) is 6.69. The van der Waals surface area contributed by atoms with Crippen LogP contribution in [-0.2, 0) is 12.8 Å². The van der Waals surface area contributed by atoms with Gasteiger partial charge >= 0.3 is 0 Å². The van der Waals surface area contributed by atoms with E-state index in [1.165, 1.54) is 5.56 Å². The van der Waals surface area contributed by atoms with Crippen molar-refractivity contribution in [3.8, 4) is 5.75 Å². The van der Waals surface area contributed by atoms with E-state index in [4.69, 9.17) is 4.74 Å². The number of para-hydroxylation sites is 1. The third-order valence-electron chi connectivity index (χ3n) is 4.95. The van der Waals surface area contributed by atoms with Gasteiger partial charge in [0.1, 0.15) is 5.75 Å². The first kappa shape index (κ1) is 15.2. The fraction of sp³-hybridized carbons (Fsp3) is 0.400. The normalized spacial score (nSPS) is 19.7. The summed E-state index contributed by atoms with van der Waals surface area (Å²) in [6.07, 6.45) is 5.76. The van der Waals surface area contributed by atoms with Crippen molar-refractivity contribution in [2.45, 2.75) is 25.7 Å². The fourth-order valence-electron chi connectivity index (χ4n) is 3.68. The standard InChI is InChI=1S/C20H22N2O2/c23-20(22-10-3-4-11-22)17-7-5-9-21-18(17)13-15-12-16-6-1-2-8-19(16)24-14-15/h1-2,5-9,15H,3-4,10-14H2/t15-/m1/s1. The highest BCUT2D eigenvalue weighted by Gasteiger charge is 2.25. The van der Waals surface area contributed by atoms with Gasteiger partial charge in [0.2, 0.25) is 0 Å². The topological polar surface area (TPSA) is 42.4 Å². The van der Waals surface area contributed by atoms with Gasteiger partial charge in [-0.25, -0.2) is 0 Å². The van der Waals surface area contributed by atoms with Crippen LogP contribution in [0.2, 0.25) is 0 Å². The largest absolute Gasteiger partial charge is 0.493 e. The van der Waals surface area contributed by atoms with E-state index >= 15 is 0 Å². The Bertz CT molecular complexity index is 738. The fourth-order valence-corrected chi connectivity index (χ4v) is 3.68. The number of ether oxygens (including phenoxy) is 1. The highest BCUT2D eigenvalue weighted by Crippen LogP contribution is 2.29. The van der Waals surface area contributed by atoms with E-state index in [9.17, 15) is 4.79 Å². The molecule has 1 fully saturated rings. The zero-order valence-electron chi connectivity index (χ0n) is 13.8. The second-order valence-corrected chi connectivity index (χ2v) is 6.69. The van der Waals surface area contributed by atoms with Crippen LogP contribution >= 0.6 is 0 Å². The number of benzene rings is 1. The van der Waals surface area contributed by atoms with Gasteiger partial charge in [0.05, 0.1) is 17.9 Å². The number of carbonyl (C=O) groups is 1. The number of amides is 1. The molecule has 0 spiro atoms. The van der Waals surface area contributed by atoms with E-state index in [1.54, 1.807) is 6.20 Å². The average Bonchev–Trinajstić information content (AvgIpc) is 3.16. The molecule has 0 aliphatic carbocycles. The molecular weight excluding hydrogens is 300 g/mol. The predicted octanol–water partition coefficient (Wildman–Crippen LogP) is 3.11. The summed E-state index contributed by atoms with van der Waals surface area (Å²) in [5.74, 6) is 1.48. The molecule has 0 saturated carbocycles. The zero-order valence-corrected chi connectivity index (χ0v) is 13.8. The van der Waals surface area contributed by atoms with Gasteiger partial charge in [-0.2, -0.15) is 0 Å². The summed E-state index contributed by atoms with van der Waals surface area (Å²) >= 11 is 0. The van der Waals surface area contributed by atoms with Crippen molar-refractivity contribution in [2.75, 3.05) is 19.7 Å². The van der Waals surface area contributed by atoms with Gasteiger partial charge in [-0.3, -0.25) is 9.78 Å². The van der Waals surface area contributed by atoms with Crippen molar-refractivity contribution < 1.29 is 9.53 Å². The molecule has 1 atom stereocenters. The lowest BCUT2D eigenvalue weighted by Crippen LogP contribution is -2.30. The van der Waals surface area contributed by atoms with Gasteiger partial charge in [-0.15, -0.1) is 0 Å². The highest BCUT2D eigenvalue weighted by atomic mass is 16.5. The minimum Gasteiger partial charge on any atom is -0.493 e. The molecule has 0 bridgehead atoms. The lowest BCUT2D eigenvalue weighted by atomic mass is 9.91.